The number of azo groups is 1. The van der Waals surface area contributed by atoms with Crippen LogP contribution in [0.2, 0.25) is 0 Å². The highest BCUT2D eigenvalue weighted by Crippen LogP contribution is 2.36. The first-order valence-corrected chi connectivity index (χ1v) is 11.8. The lowest BCUT2D eigenvalue weighted by molar-refractivity contribution is -0.113. The molecule has 3 aromatic carbocycles. The minimum atomic E-state index is -4.75. The molecule has 10 nitrogen and oxygen atoms in total. The Labute approximate surface area is 182 Å². The zero-order valence-electron chi connectivity index (χ0n) is 15.4. The van der Waals surface area contributed by atoms with Gasteiger partial charge in [0.2, 0.25) is 5.91 Å². The van der Waals surface area contributed by atoms with Crippen molar-refractivity contribution in [3.63, 3.8) is 0 Å². The first kappa shape index (κ1) is 22.8. The van der Waals surface area contributed by atoms with Crippen molar-refractivity contribution in [2.75, 3.05) is 11.2 Å². The van der Waals surface area contributed by atoms with Gasteiger partial charge in [0, 0.05) is 16.5 Å². The highest BCUT2D eigenvalue weighted by molar-refractivity contribution is 7.86. The van der Waals surface area contributed by atoms with Crippen molar-refractivity contribution in [3.8, 4) is 0 Å². The van der Waals surface area contributed by atoms with E-state index in [1.165, 1.54) is 24.3 Å². The van der Waals surface area contributed by atoms with E-state index in [0.29, 0.717) is 11.4 Å². The molecule has 0 radical (unpaired) electrons. The van der Waals surface area contributed by atoms with Gasteiger partial charge in [-0.2, -0.15) is 21.9 Å². The van der Waals surface area contributed by atoms with Crippen molar-refractivity contribution in [1.82, 2.24) is 0 Å². The van der Waals surface area contributed by atoms with Crippen LogP contribution in [0, 0.1) is 0 Å². The molecule has 1 amide bonds. The van der Waals surface area contributed by atoms with Crippen molar-refractivity contribution in [2.45, 2.75) is 9.79 Å². The molecule has 0 saturated carbocycles. The second-order valence-corrected chi connectivity index (χ2v) is 9.19. The lowest BCUT2D eigenvalue weighted by Crippen LogP contribution is -2.12. The first-order chi connectivity index (χ1) is 14.5. The molecule has 0 fully saturated rings. The minimum Gasteiger partial charge on any atom is -0.325 e. The van der Waals surface area contributed by atoms with Gasteiger partial charge in [-0.25, -0.2) is 0 Å². The van der Waals surface area contributed by atoms with Crippen LogP contribution in [0.15, 0.2) is 74.6 Å². The summed E-state index contributed by atoms with van der Waals surface area (Å²) in [4.78, 5) is 10.2. The fourth-order valence-corrected chi connectivity index (χ4v) is 4.25. The summed E-state index contributed by atoms with van der Waals surface area (Å²) >= 11 is 5.42. The molecule has 0 unspecified atom stereocenters. The molecule has 13 heteroatoms. The van der Waals surface area contributed by atoms with E-state index in [0.717, 1.165) is 18.2 Å². The lowest BCUT2D eigenvalue weighted by atomic mass is 10.1. The smallest absolute Gasteiger partial charge is 0.295 e. The molecular weight excluding hydrogens is 470 g/mol. The Bertz CT molecular complexity index is 1400. The highest BCUT2D eigenvalue weighted by Gasteiger charge is 2.22. The van der Waals surface area contributed by atoms with E-state index in [4.69, 9.17) is 11.6 Å². The zero-order valence-corrected chi connectivity index (χ0v) is 17.8. The van der Waals surface area contributed by atoms with Crippen LogP contribution in [0.25, 0.3) is 10.8 Å². The van der Waals surface area contributed by atoms with Gasteiger partial charge < -0.3 is 5.32 Å². The molecule has 0 aromatic heterocycles. The summed E-state index contributed by atoms with van der Waals surface area (Å²) in [5.74, 6) is -0.594. The Hall–Kier alpha value is -2.90. The Morgan fingerprint density at radius 2 is 1.52 bits per heavy atom. The third kappa shape index (κ3) is 5.24. The molecule has 0 atom stereocenters. The third-order valence-electron chi connectivity index (χ3n) is 4.04. The van der Waals surface area contributed by atoms with Crippen LogP contribution in [0.5, 0.6) is 0 Å². The van der Waals surface area contributed by atoms with E-state index in [9.17, 15) is 30.7 Å². The summed E-state index contributed by atoms with van der Waals surface area (Å²) < 4.78 is 66.0. The average molecular weight is 484 g/mol. The summed E-state index contributed by atoms with van der Waals surface area (Å²) in [6.07, 6.45) is 0. The van der Waals surface area contributed by atoms with Crippen LogP contribution in [0.3, 0.4) is 0 Å². The van der Waals surface area contributed by atoms with Crippen LogP contribution in [-0.4, -0.2) is 37.7 Å². The molecule has 162 valence electrons. The second kappa shape index (κ2) is 8.69. The number of hydrogen-bond acceptors (Lipinski definition) is 7. The SMILES string of the molecule is O=C(CCl)Nc1ccc(N=Nc2ccc(S(=O)(=O)O)c3cccc(S(=O)(=O)O)c23)cc1. The van der Waals surface area contributed by atoms with E-state index < -0.39 is 30.0 Å². The summed E-state index contributed by atoms with van der Waals surface area (Å²) in [6, 6.07) is 11.9. The number of hydrogen-bond donors (Lipinski definition) is 3. The van der Waals surface area contributed by atoms with Gasteiger partial charge in [0.1, 0.15) is 15.7 Å². The molecule has 0 spiro atoms. The Morgan fingerprint density at radius 3 is 2.10 bits per heavy atom. The number of carbonyl (C=O) groups is 1. The van der Waals surface area contributed by atoms with E-state index in [1.807, 2.05) is 0 Å². The molecule has 0 saturated heterocycles. The van der Waals surface area contributed by atoms with E-state index >= 15 is 0 Å². The van der Waals surface area contributed by atoms with Gasteiger partial charge in [-0.15, -0.1) is 16.7 Å². The Kier molecular flexibility index (Phi) is 6.38. The largest absolute Gasteiger partial charge is 0.325 e. The maximum absolute atomic E-state index is 11.8. The molecule has 0 aliphatic heterocycles. The van der Waals surface area contributed by atoms with Crippen molar-refractivity contribution in [3.05, 3.63) is 54.6 Å². The standard InChI is InChI=1S/C18H14ClN3O7S2/c19-10-17(23)20-11-4-6-12(7-5-11)21-22-14-8-9-15(30(24,25)26)13-2-1-3-16(18(13)14)31(27,28)29/h1-9H,10H2,(H,20,23)(H,24,25,26)(H,27,28,29). The zero-order chi connectivity index (χ0) is 22.8. The summed E-state index contributed by atoms with van der Waals surface area (Å²) in [7, 11) is -9.43. The number of halogens is 1. The quantitative estimate of drug-likeness (QED) is 0.271. The van der Waals surface area contributed by atoms with Crippen molar-refractivity contribution in [1.29, 1.82) is 0 Å². The van der Waals surface area contributed by atoms with Crippen LogP contribution < -0.4 is 5.32 Å². The van der Waals surface area contributed by atoms with Gasteiger partial charge in [0.05, 0.1) is 11.4 Å². The maximum atomic E-state index is 11.8. The Morgan fingerprint density at radius 1 is 0.871 bits per heavy atom. The van der Waals surface area contributed by atoms with Crippen LogP contribution in [0.4, 0.5) is 17.1 Å². The van der Waals surface area contributed by atoms with Gasteiger partial charge in [0.25, 0.3) is 20.2 Å². The van der Waals surface area contributed by atoms with E-state index in [2.05, 4.69) is 15.5 Å². The molecule has 0 heterocycles. The summed E-state index contributed by atoms with van der Waals surface area (Å²) in [5.41, 5.74) is 0.747. The van der Waals surface area contributed by atoms with Gasteiger partial charge in [-0.05, 0) is 42.5 Å². The van der Waals surface area contributed by atoms with Gasteiger partial charge in [-0.1, -0.05) is 12.1 Å². The monoisotopic (exact) mass is 483 g/mol. The fourth-order valence-electron chi connectivity index (χ4n) is 2.77. The number of rotatable bonds is 6. The third-order valence-corrected chi connectivity index (χ3v) is 6.09. The summed E-state index contributed by atoms with van der Waals surface area (Å²) in [5, 5.41) is 10.1. The lowest BCUT2D eigenvalue weighted by Gasteiger charge is -2.09. The molecule has 3 rings (SSSR count). The predicted molar refractivity (Wildman–Crippen MR) is 114 cm³/mol. The molecular formula is C18H14ClN3O7S2. The number of fused-ring (bicyclic) bond motifs is 1. The number of carbonyl (C=O) groups excluding carboxylic acids is 1. The van der Waals surface area contributed by atoms with Crippen LogP contribution in [-0.2, 0) is 25.0 Å². The molecule has 0 aliphatic rings. The van der Waals surface area contributed by atoms with E-state index in [-0.39, 0.29) is 28.2 Å². The summed E-state index contributed by atoms with van der Waals surface area (Å²) in [6.45, 7) is 0. The molecule has 3 aromatic rings. The normalized spacial score (nSPS) is 12.4. The van der Waals surface area contributed by atoms with Crippen molar-refractivity contribution >= 4 is 65.6 Å². The number of benzene rings is 3. The minimum absolute atomic E-state index is 0.0601. The highest BCUT2D eigenvalue weighted by atomic mass is 35.5. The van der Waals surface area contributed by atoms with Gasteiger partial charge >= 0.3 is 0 Å². The number of anilines is 1. The molecule has 0 bridgehead atoms. The molecule has 0 aliphatic carbocycles. The van der Waals surface area contributed by atoms with Gasteiger partial charge in [0.15, 0.2) is 0 Å². The average Bonchev–Trinajstić information content (AvgIpc) is 2.70. The number of nitrogens with zero attached hydrogens (tertiary/aromatic N) is 2. The second-order valence-electron chi connectivity index (χ2n) is 6.14. The number of nitrogens with one attached hydrogen (secondary N) is 1. The van der Waals surface area contributed by atoms with Crippen LogP contribution >= 0.6 is 11.6 Å². The Balaban J connectivity index is 2.11. The molecule has 31 heavy (non-hydrogen) atoms. The van der Waals surface area contributed by atoms with E-state index in [1.54, 1.807) is 12.1 Å². The first-order valence-electron chi connectivity index (χ1n) is 8.39. The van der Waals surface area contributed by atoms with Gasteiger partial charge in [-0.3, -0.25) is 13.9 Å². The number of alkyl halides is 1. The topological polar surface area (TPSA) is 163 Å². The fraction of sp³-hybridized carbons (Fsp3) is 0.0556. The molecule has 3 N–H and O–H groups in total. The van der Waals surface area contributed by atoms with Crippen molar-refractivity contribution < 1.29 is 30.7 Å². The van der Waals surface area contributed by atoms with Crippen molar-refractivity contribution in [2.24, 2.45) is 10.2 Å². The maximum Gasteiger partial charge on any atom is 0.295 e. The number of amides is 1. The van der Waals surface area contributed by atoms with Crippen LogP contribution in [0.1, 0.15) is 0 Å². The predicted octanol–water partition coefficient (Wildman–Crippen LogP) is 3.93.